The fourth-order valence-electron chi connectivity index (χ4n) is 2.76. The third kappa shape index (κ3) is 2.53. The van der Waals surface area contributed by atoms with Crippen LogP contribution in [0.5, 0.6) is 0 Å². The van der Waals surface area contributed by atoms with Crippen molar-refractivity contribution in [3.05, 3.63) is 41.2 Å². The molecule has 0 amide bonds. The number of fused-ring (bicyclic) bond motifs is 1. The van der Waals surface area contributed by atoms with Crippen LogP contribution in [0, 0.1) is 6.92 Å². The number of anilines is 2. The van der Waals surface area contributed by atoms with Crippen molar-refractivity contribution < 1.29 is 0 Å². The van der Waals surface area contributed by atoms with Gasteiger partial charge in [-0.2, -0.15) is 0 Å². The van der Waals surface area contributed by atoms with Gasteiger partial charge in [0.15, 0.2) is 0 Å². The number of imidazole rings is 1. The van der Waals surface area contributed by atoms with Crippen molar-refractivity contribution in [2.24, 2.45) is 0 Å². The summed E-state index contributed by atoms with van der Waals surface area (Å²) in [5.74, 6) is 0. The molecular weight excluding hydrogens is 318 g/mol. The summed E-state index contributed by atoms with van der Waals surface area (Å²) in [6.07, 6.45) is 1.97. The van der Waals surface area contributed by atoms with Crippen molar-refractivity contribution >= 4 is 38.7 Å². The van der Waals surface area contributed by atoms with E-state index in [2.05, 4.69) is 25.9 Å². The van der Waals surface area contributed by atoms with Crippen LogP contribution in [-0.2, 0) is 0 Å². The van der Waals surface area contributed by atoms with Gasteiger partial charge in [0.2, 0.25) is 10.1 Å². The molecule has 22 heavy (non-hydrogen) atoms. The highest BCUT2D eigenvalue weighted by atomic mass is 35.5. The fourth-order valence-corrected chi connectivity index (χ4v) is 3.92. The van der Waals surface area contributed by atoms with Gasteiger partial charge in [0.05, 0.1) is 11.9 Å². The molecule has 0 bridgehead atoms. The smallest absolute Gasteiger partial charge is 0.214 e. The molecule has 5 nitrogen and oxygen atoms in total. The van der Waals surface area contributed by atoms with E-state index in [1.165, 1.54) is 5.69 Å². The Kier molecular flexibility index (Phi) is 3.43. The molecule has 3 heterocycles. The molecule has 2 aromatic heterocycles. The van der Waals surface area contributed by atoms with E-state index in [0.29, 0.717) is 0 Å². The first kappa shape index (κ1) is 13.8. The molecule has 0 spiro atoms. The Morgan fingerprint density at radius 1 is 1.14 bits per heavy atom. The van der Waals surface area contributed by atoms with Crippen LogP contribution >= 0.6 is 22.9 Å². The van der Waals surface area contributed by atoms with Gasteiger partial charge in [0, 0.05) is 36.9 Å². The van der Waals surface area contributed by atoms with Gasteiger partial charge in [-0.05, 0) is 25.1 Å². The Morgan fingerprint density at radius 2 is 1.91 bits per heavy atom. The molecule has 7 heteroatoms. The summed E-state index contributed by atoms with van der Waals surface area (Å²) >= 11 is 7.73. The topological polar surface area (TPSA) is 36.7 Å². The number of benzene rings is 1. The number of hydrogen-bond donors (Lipinski definition) is 0. The average molecular weight is 334 g/mol. The van der Waals surface area contributed by atoms with Crippen molar-refractivity contribution in [1.82, 2.24) is 14.6 Å². The third-order valence-corrected chi connectivity index (χ3v) is 5.09. The van der Waals surface area contributed by atoms with Crippen LogP contribution < -0.4 is 9.80 Å². The maximum Gasteiger partial charge on any atom is 0.214 e. The Bertz CT molecular complexity index is 772. The molecule has 1 fully saturated rings. The maximum absolute atomic E-state index is 6.08. The zero-order valence-corrected chi connectivity index (χ0v) is 13.8. The van der Waals surface area contributed by atoms with Gasteiger partial charge in [-0.1, -0.05) is 29.0 Å². The third-order valence-electron chi connectivity index (χ3n) is 3.88. The number of piperazine rings is 1. The van der Waals surface area contributed by atoms with Gasteiger partial charge in [-0.3, -0.25) is 0 Å². The molecule has 0 N–H and O–H groups in total. The number of rotatable bonds is 2. The van der Waals surface area contributed by atoms with Gasteiger partial charge in [-0.15, -0.1) is 5.10 Å². The summed E-state index contributed by atoms with van der Waals surface area (Å²) in [6.45, 7) is 5.86. The van der Waals surface area contributed by atoms with Crippen LogP contribution in [0.2, 0.25) is 5.02 Å². The molecule has 1 aromatic carbocycles. The quantitative estimate of drug-likeness (QED) is 0.722. The highest BCUT2D eigenvalue weighted by Crippen LogP contribution is 2.26. The lowest BCUT2D eigenvalue weighted by molar-refractivity contribution is 0.648. The second-order valence-electron chi connectivity index (χ2n) is 5.45. The van der Waals surface area contributed by atoms with E-state index >= 15 is 0 Å². The van der Waals surface area contributed by atoms with Crippen LogP contribution in [0.25, 0.3) is 4.96 Å². The summed E-state index contributed by atoms with van der Waals surface area (Å²) in [6, 6.07) is 8.05. The fraction of sp³-hybridized carbons (Fsp3) is 0.333. The first-order valence-corrected chi connectivity index (χ1v) is 8.47. The molecule has 1 aliphatic rings. The second kappa shape index (κ2) is 5.44. The molecule has 0 saturated carbocycles. The first-order valence-electron chi connectivity index (χ1n) is 7.27. The minimum atomic E-state index is 0.788. The Balaban J connectivity index is 1.48. The van der Waals surface area contributed by atoms with E-state index in [1.54, 1.807) is 11.3 Å². The van der Waals surface area contributed by atoms with E-state index in [9.17, 15) is 0 Å². The Labute approximate surface area is 137 Å². The molecule has 4 rings (SSSR count). The Hall–Kier alpha value is -1.79. The van der Waals surface area contributed by atoms with Gasteiger partial charge in [0.1, 0.15) is 0 Å². The van der Waals surface area contributed by atoms with Gasteiger partial charge in [0.25, 0.3) is 0 Å². The number of nitrogens with zero attached hydrogens (tertiary/aromatic N) is 5. The number of aromatic nitrogens is 3. The minimum absolute atomic E-state index is 0.788. The van der Waals surface area contributed by atoms with Gasteiger partial charge >= 0.3 is 0 Å². The van der Waals surface area contributed by atoms with Crippen LogP contribution in [-0.4, -0.2) is 40.8 Å². The van der Waals surface area contributed by atoms with Crippen molar-refractivity contribution in [2.45, 2.75) is 6.92 Å². The van der Waals surface area contributed by atoms with Gasteiger partial charge in [-0.25, -0.2) is 9.50 Å². The monoisotopic (exact) mass is 333 g/mol. The van der Waals surface area contributed by atoms with Crippen LogP contribution in [0.3, 0.4) is 0 Å². The summed E-state index contributed by atoms with van der Waals surface area (Å²) in [5, 5.41) is 6.47. The standard InChI is InChI=1S/C15H16ClN5S/c1-11-10-21-14(17-11)22-15(18-21)20-7-5-19(6-8-20)13-4-2-3-12(16)9-13/h2-4,9-10H,5-8H2,1H3. The largest absolute Gasteiger partial charge is 0.368 e. The van der Waals surface area contributed by atoms with E-state index in [-0.39, 0.29) is 0 Å². The number of aryl methyl sites for hydroxylation is 1. The van der Waals surface area contributed by atoms with Crippen molar-refractivity contribution in [3.8, 4) is 0 Å². The Morgan fingerprint density at radius 3 is 2.64 bits per heavy atom. The molecule has 0 aliphatic carbocycles. The van der Waals surface area contributed by atoms with Crippen molar-refractivity contribution in [1.29, 1.82) is 0 Å². The molecule has 3 aromatic rings. The minimum Gasteiger partial charge on any atom is -0.368 e. The van der Waals surface area contributed by atoms with E-state index in [0.717, 1.165) is 47.0 Å². The zero-order chi connectivity index (χ0) is 15.1. The first-order chi connectivity index (χ1) is 10.7. The SMILES string of the molecule is Cc1cn2nc(N3CCN(c4cccc(Cl)c4)CC3)sc2n1. The molecule has 0 radical (unpaired) electrons. The highest BCUT2D eigenvalue weighted by molar-refractivity contribution is 7.20. The normalized spacial score (nSPS) is 15.7. The molecule has 114 valence electrons. The van der Waals surface area contributed by atoms with E-state index < -0.39 is 0 Å². The average Bonchev–Trinajstić information content (AvgIpc) is 3.05. The predicted molar refractivity (Wildman–Crippen MR) is 91.5 cm³/mol. The highest BCUT2D eigenvalue weighted by Gasteiger charge is 2.20. The lowest BCUT2D eigenvalue weighted by atomic mass is 10.2. The number of hydrogen-bond acceptors (Lipinski definition) is 5. The van der Waals surface area contributed by atoms with Crippen molar-refractivity contribution in [2.75, 3.05) is 36.0 Å². The van der Waals surface area contributed by atoms with Gasteiger partial charge < -0.3 is 9.80 Å². The summed E-state index contributed by atoms with van der Waals surface area (Å²) in [5.41, 5.74) is 2.20. The lowest BCUT2D eigenvalue weighted by Crippen LogP contribution is -2.46. The second-order valence-corrected chi connectivity index (χ2v) is 6.82. The molecule has 1 saturated heterocycles. The zero-order valence-electron chi connectivity index (χ0n) is 12.2. The van der Waals surface area contributed by atoms with Crippen molar-refractivity contribution in [3.63, 3.8) is 0 Å². The van der Waals surface area contributed by atoms with Crippen LogP contribution in [0.4, 0.5) is 10.8 Å². The summed E-state index contributed by atoms with van der Waals surface area (Å²) in [7, 11) is 0. The van der Waals surface area contributed by atoms with Crippen LogP contribution in [0.1, 0.15) is 5.69 Å². The summed E-state index contributed by atoms with van der Waals surface area (Å²) in [4.78, 5) is 10.1. The molecule has 0 atom stereocenters. The summed E-state index contributed by atoms with van der Waals surface area (Å²) < 4.78 is 1.87. The molecular formula is C15H16ClN5S. The van der Waals surface area contributed by atoms with E-state index in [1.807, 2.05) is 35.8 Å². The lowest BCUT2D eigenvalue weighted by Gasteiger charge is -2.35. The predicted octanol–water partition coefficient (Wildman–Crippen LogP) is 3.08. The molecule has 0 unspecified atom stereocenters. The van der Waals surface area contributed by atoms with E-state index in [4.69, 9.17) is 11.6 Å². The number of halogens is 1. The maximum atomic E-state index is 6.08. The van der Waals surface area contributed by atoms with Crippen LogP contribution in [0.15, 0.2) is 30.5 Å². The molecule has 1 aliphatic heterocycles.